The first-order valence-electron chi connectivity index (χ1n) is 7.02. The Morgan fingerprint density at radius 1 is 1.05 bits per heavy atom. The number of anilines is 1. The highest BCUT2D eigenvalue weighted by molar-refractivity contribution is 6.12. The molecule has 1 N–H and O–H groups in total. The number of amides is 1. The van der Waals surface area contributed by atoms with Crippen molar-refractivity contribution in [2.75, 3.05) is 5.32 Å². The van der Waals surface area contributed by atoms with Gasteiger partial charge in [0.1, 0.15) is 0 Å². The maximum absolute atomic E-state index is 12.6. The predicted molar refractivity (Wildman–Crippen MR) is 85.5 cm³/mol. The third-order valence-electron chi connectivity index (χ3n) is 3.54. The molecule has 21 heavy (non-hydrogen) atoms. The third-order valence-corrected chi connectivity index (χ3v) is 3.54. The Hall–Kier alpha value is -2.68. The molecule has 3 aromatic rings. The minimum absolute atomic E-state index is 0.102. The van der Waals surface area contributed by atoms with Gasteiger partial charge in [-0.2, -0.15) is 0 Å². The standard InChI is InChI=1S/C18H16N2O/c1-2-13-7-3-4-10-16(13)20-18(21)15-8-5-11-17-14(15)9-6-12-19-17/h3-12H,2H2,1H3,(H,20,21). The van der Waals surface area contributed by atoms with Gasteiger partial charge in [0.05, 0.1) is 5.52 Å². The van der Waals surface area contributed by atoms with Gasteiger partial charge in [0.25, 0.3) is 5.91 Å². The number of para-hydroxylation sites is 1. The van der Waals surface area contributed by atoms with Gasteiger partial charge < -0.3 is 5.32 Å². The fourth-order valence-electron chi connectivity index (χ4n) is 2.44. The summed E-state index contributed by atoms with van der Waals surface area (Å²) in [6, 6.07) is 17.2. The molecule has 0 unspecified atom stereocenters. The first kappa shape index (κ1) is 13.3. The van der Waals surface area contributed by atoms with E-state index in [4.69, 9.17) is 0 Å². The molecule has 0 saturated heterocycles. The van der Waals surface area contributed by atoms with Crippen LogP contribution in [0, 0.1) is 0 Å². The van der Waals surface area contributed by atoms with E-state index in [1.807, 2.05) is 54.6 Å². The number of aromatic nitrogens is 1. The summed E-state index contributed by atoms with van der Waals surface area (Å²) in [5.74, 6) is -0.102. The van der Waals surface area contributed by atoms with Gasteiger partial charge in [0, 0.05) is 22.8 Å². The zero-order valence-electron chi connectivity index (χ0n) is 11.8. The van der Waals surface area contributed by atoms with Crippen molar-refractivity contribution >= 4 is 22.5 Å². The van der Waals surface area contributed by atoms with E-state index < -0.39 is 0 Å². The molecular formula is C18H16N2O. The molecule has 0 atom stereocenters. The van der Waals surface area contributed by atoms with Crippen LogP contribution in [0.15, 0.2) is 60.8 Å². The minimum Gasteiger partial charge on any atom is -0.322 e. The molecule has 1 heterocycles. The fraction of sp³-hybridized carbons (Fsp3) is 0.111. The molecule has 3 heteroatoms. The summed E-state index contributed by atoms with van der Waals surface area (Å²) >= 11 is 0. The zero-order valence-corrected chi connectivity index (χ0v) is 11.8. The van der Waals surface area contributed by atoms with Crippen molar-refractivity contribution in [1.29, 1.82) is 0 Å². The number of hydrogen-bond acceptors (Lipinski definition) is 2. The van der Waals surface area contributed by atoms with Crippen LogP contribution in [0.2, 0.25) is 0 Å². The van der Waals surface area contributed by atoms with E-state index in [1.165, 1.54) is 0 Å². The first-order valence-corrected chi connectivity index (χ1v) is 7.02. The topological polar surface area (TPSA) is 42.0 Å². The number of benzene rings is 2. The maximum Gasteiger partial charge on any atom is 0.256 e. The molecule has 104 valence electrons. The monoisotopic (exact) mass is 276 g/mol. The molecule has 0 aliphatic heterocycles. The third kappa shape index (κ3) is 2.63. The van der Waals surface area contributed by atoms with Gasteiger partial charge in [-0.25, -0.2) is 0 Å². The second-order valence-electron chi connectivity index (χ2n) is 4.84. The average molecular weight is 276 g/mol. The Balaban J connectivity index is 1.98. The second-order valence-corrected chi connectivity index (χ2v) is 4.84. The average Bonchev–Trinajstić information content (AvgIpc) is 2.54. The lowest BCUT2D eigenvalue weighted by Gasteiger charge is -2.11. The number of aryl methyl sites for hydroxylation is 1. The number of carbonyl (C=O) groups is 1. The molecule has 0 saturated carbocycles. The minimum atomic E-state index is -0.102. The van der Waals surface area contributed by atoms with Crippen LogP contribution in [0.5, 0.6) is 0 Å². The van der Waals surface area contributed by atoms with Crippen LogP contribution in [0.4, 0.5) is 5.69 Å². The van der Waals surface area contributed by atoms with E-state index in [9.17, 15) is 4.79 Å². The van der Waals surface area contributed by atoms with E-state index in [0.29, 0.717) is 5.56 Å². The van der Waals surface area contributed by atoms with Crippen molar-refractivity contribution in [1.82, 2.24) is 4.98 Å². The highest BCUT2D eigenvalue weighted by Gasteiger charge is 2.11. The molecular weight excluding hydrogens is 260 g/mol. The quantitative estimate of drug-likeness (QED) is 0.784. The lowest BCUT2D eigenvalue weighted by atomic mass is 10.1. The van der Waals surface area contributed by atoms with E-state index in [0.717, 1.165) is 28.6 Å². The molecule has 0 aliphatic carbocycles. The fourth-order valence-corrected chi connectivity index (χ4v) is 2.44. The highest BCUT2D eigenvalue weighted by atomic mass is 16.1. The van der Waals surface area contributed by atoms with Gasteiger partial charge in [-0.15, -0.1) is 0 Å². The molecule has 2 aromatic carbocycles. The molecule has 0 radical (unpaired) electrons. The van der Waals surface area contributed by atoms with Crippen LogP contribution in [0.1, 0.15) is 22.8 Å². The van der Waals surface area contributed by atoms with E-state index in [1.54, 1.807) is 6.20 Å². The van der Waals surface area contributed by atoms with E-state index >= 15 is 0 Å². The lowest BCUT2D eigenvalue weighted by Crippen LogP contribution is -2.13. The van der Waals surface area contributed by atoms with E-state index in [2.05, 4.69) is 17.2 Å². The Bertz CT molecular complexity index is 791. The molecule has 1 amide bonds. The van der Waals surface area contributed by atoms with E-state index in [-0.39, 0.29) is 5.91 Å². The number of fused-ring (bicyclic) bond motifs is 1. The van der Waals surface area contributed by atoms with Gasteiger partial charge in [-0.1, -0.05) is 37.3 Å². The van der Waals surface area contributed by atoms with Crippen LogP contribution in [-0.2, 0) is 6.42 Å². The normalized spacial score (nSPS) is 10.5. The smallest absolute Gasteiger partial charge is 0.256 e. The van der Waals surface area contributed by atoms with Gasteiger partial charge in [-0.05, 0) is 36.2 Å². The van der Waals surface area contributed by atoms with Gasteiger partial charge in [-0.3, -0.25) is 9.78 Å². The molecule has 0 spiro atoms. The van der Waals surface area contributed by atoms with Crippen LogP contribution < -0.4 is 5.32 Å². The Morgan fingerprint density at radius 3 is 2.76 bits per heavy atom. The van der Waals surface area contributed by atoms with Gasteiger partial charge >= 0.3 is 0 Å². The predicted octanol–water partition coefficient (Wildman–Crippen LogP) is 4.05. The number of rotatable bonds is 3. The lowest BCUT2D eigenvalue weighted by molar-refractivity contribution is 0.102. The van der Waals surface area contributed by atoms with Crippen molar-refractivity contribution < 1.29 is 4.79 Å². The molecule has 1 aromatic heterocycles. The number of hydrogen-bond donors (Lipinski definition) is 1. The van der Waals surface area contributed by atoms with Crippen molar-refractivity contribution in [3.63, 3.8) is 0 Å². The van der Waals surface area contributed by atoms with Crippen LogP contribution >= 0.6 is 0 Å². The zero-order chi connectivity index (χ0) is 14.7. The number of nitrogens with zero attached hydrogens (tertiary/aromatic N) is 1. The van der Waals surface area contributed by atoms with Crippen molar-refractivity contribution in [3.8, 4) is 0 Å². The summed E-state index contributed by atoms with van der Waals surface area (Å²) in [5, 5.41) is 3.87. The summed E-state index contributed by atoms with van der Waals surface area (Å²) in [7, 11) is 0. The second kappa shape index (κ2) is 5.75. The first-order chi connectivity index (χ1) is 10.3. The number of pyridine rings is 1. The van der Waals surface area contributed by atoms with Crippen molar-refractivity contribution in [2.45, 2.75) is 13.3 Å². The van der Waals surface area contributed by atoms with Gasteiger partial charge in [0.15, 0.2) is 0 Å². The van der Waals surface area contributed by atoms with Gasteiger partial charge in [0.2, 0.25) is 0 Å². The van der Waals surface area contributed by atoms with Crippen molar-refractivity contribution in [3.05, 3.63) is 71.9 Å². The van der Waals surface area contributed by atoms with Crippen molar-refractivity contribution in [2.24, 2.45) is 0 Å². The molecule has 3 nitrogen and oxygen atoms in total. The SMILES string of the molecule is CCc1ccccc1NC(=O)c1cccc2ncccc12. The highest BCUT2D eigenvalue weighted by Crippen LogP contribution is 2.20. The molecule has 0 aliphatic rings. The largest absolute Gasteiger partial charge is 0.322 e. The molecule has 0 bridgehead atoms. The van der Waals surface area contributed by atoms with Crippen LogP contribution in [0.3, 0.4) is 0 Å². The Morgan fingerprint density at radius 2 is 1.90 bits per heavy atom. The number of nitrogens with one attached hydrogen (secondary N) is 1. The number of carbonyl (C=O) groups excluding carboxylic acids is 1. The summed E-state index contributed by atoms with van der Waals surface area (Å²) in [6.07, 6.45) is 2.62. The molecule has 0 fully saturated rings. The van der Waals surface area contributed by atoms with Crippen LogP contribution in [-0.4, -0.2) is 10.9 Å². The summed E-state index contributed by atoms with van der Waals surface area (Å²) in [4.78, 5) is 16.8. The maximum atomic E-state index is 12.6. The van der Waals surface area contributed by atoms with Crippen LogP contribution in [0.25, 0.3) is 10.9 Å². The Labute approximate surface area is 123 Å². The summed E-state index contributed by atoms with van der Waals surface area (Å²) in [6.45, 7) is 2.08. The Kier molecular flexibility index (Phi) is 3.65. The summed E-state index contributed by atoms with van der Waals surface area (Å²) in [5.41, 5.74) is 3.47. The molecule has 3 rings (SSSR count). The summed E-state index contributed by atoms with van der Waals surface area (Å²) < 4.78 is 0.